The number of anilines is 1. The van der Waals surface area contributed by atoms with Crippen LogP contribution in [0, 0.1) is 5.92 Å². The van der Waals surface area contributed by atoms with Crippen molar-refractivity contribution in [2.45, 2.75) is 23.1 Å². The number of carbonyl (C=O) groups is 3. The van der Waals surface area contributed by atoms with Crippen molar-refractivity contribution in [2.24, 2.45) is 5.92 Å². The first-order valence-electron chi connectivity index (χ1n) is 11.3. The molecule has 0 bridgehead atoms. The Balaban J connectivity index is 1.59. The molecule has 0 spiro atoms. The lowest BCUT2D eigenvalue weighted by atomic mass is 9.82. The summed E-state index contributed by atoms with van der Waals surface area (Å²) in [5, 5.41) is -0.204. The number of rotatable bonds is 7. The average Bonchev–Trinajstić information content (AvgIpc) is 3.37. The Labute approximate surface area is 228 Å². The largest absolute Gasteiger partial charge is 0.497 e. The van der Waals surface area contributed by atoms with E-state index in [4.69, 9.17) is 14.2 Å². The number of imide groups is 1. The molecule has 3 atom stereocenters. The molecule has 3 heterocycles. The first-order chi connectivity index (χ1) is 17.8. The molecule has 1 N–H and O–H groups in total. The van der Waals surface area contributed by atoms with Crippen molar-refractivity contribution >= 4 is 62.5 Å². The number of halogens is 1. The molecule has 0 saturated carbocycles. The van der Waals surface area contributed by atoms with Gasteiger partial charge in [0.25, 0.3) is 0 Å². The highest BCUT2D eigenvalue weighted by Crippen LogP contribution is 2.54. The Hall–Kier alpha value is -3.09. The van der Waals surface area contributed by atoms with Gasteiger partial charge in [-0.05, 0) is 49.4 Å². The second-order valence-corrected chi connectivity index (χ2v) is 11.3. The summed E-state index contributed by atoms with van der Waals surface area (Å²) in [6.07, 6.45) is 0. The van der Waals surface area contributed by atoms with E-state index in [0.29, 0.717) is 37.1 Å². The minimum Gasteiger partial charge on any atom is -0.497 e. The van der Waals surface area contributed by atoms with Gasteiger partial charge in [0.15, 0.2) is 6.61 Å². The molecule has 12 heteroatoms. The van der Waals surface area contributed by atoms with E-state index >= 15 is 0 Å². The maximum absolute atomic E-state index is 13.9. The molecule has 0 radical (unpaired) electrons. The van der Waals surface area contributed by atoms with Crippen molar-refractivity contribution in [3.8, 4) is 11.5 Å². The maximum atomic E-state index is 13.9. The number of benzene rings is 2. The standard InChI is InChI=1S/C25H21BrN2O7S2/c1-3-34-17(29)11-35-16-9-4-12(26)10-15(16)18-19-21(36-22-20(18)37-25(32)27-22)24(31)28(23(19)30)13-5-7-14(33-2)8-6-13/h4-10,18-19,21H,3,11H2,1-2H3,(H,27,32)/t18-,19?,21?/m1/s1. The molecule has 192 valence electrons. The van der Waals surface area contributed by atoms with Gasteiger partial charge in [0.05, 0.1) is 30.3 Å². The third kappa shape index (κ3) is 4.69. The SMILES string of the molecule is CCOC(=O)COc1ccc(Br)cc1[C@H]1c2sc(=O)[nH]c2SC2C(=O)N(c3ccc(OC)cc3)C(=O)C21. The van der Waals surface area contributed by atoms with E-state index in [2.05, 4.69) is 20.9 Å². The van der Waals surface area contributed by atoms with Gasteiger partial charge < -0.3 is 19.2 Å². The van der Waals surface area contributed by atoms with Crippen LogP contribution in [-0.2, 0) is 19.1 Å². The van der Waals surface area contributed by atoms with Gasteiger partial charge in [0.1, 0.15) is 16.7 Å². The molecule has 2 aliphatic rings. The first-order valence-corrected chi connectivity index (χ1v) is 13.8. The predicted octanol–water partition coefficient (Wildman–Crippen LogP) is 3.95. The highest BCUT2D eigenvalue weighted by molar-refractivity contribution is 9.10. The molecule has 37 heavy (non-hydrogen) atoms. The number of H-pyrrole nitrogens is 1. The number of ether oxygens (including phenoxy) is 3. The zero-order chi connectivity index (χ0) is 26.3. The van der Waals surface area contributed by atoms with Gasteiger partial charge in [-0.1, -0.05) is 39.0 Å². The Morgan fingerprint density at radius 1 is 1.11 bits per heavy atom. The van der Waals surface area contributed by atoms with Crippen LogP contribution in [-0.4, -0.2) is 48.3 Å². The number of hydrogen-bond acceptors (Lipinski definition) is 9. The van der Waals surface area contributed by atoms with Gasteiger partial charge in [-0.15, -0.1) is 0 Å². The Morgan fingerprint density at radius 3 is 2.57 bits per heavy atom. The van der Waals surface area contributed by atoms with Crippen molar-refractivity contribution in [3.63, 3.8) is 0 Å². The van der Waals surface area contributed by atoms with Crippen LogP contribution in [0.15, 0.2) is 56.8 Å². The summed E-state index contributed by atoms with van der Waals surface area (Å²) >= 11 is 5.67. The molecule has 1 aromatic heterocycles. The molecule has 2 aromatic carbocycles. The van der Waals surface area contributed by atoms with Crippen molar-refractivity contribution in [3.05, 3.63) is 67.0 Å². The van der Waals surface area contributed by atoms with Gasteiger partial charge in [-0.2, -0.15) is 0 Å². The quantitative estimate of drug-likeness (QED) is 0.318. The summed E-state index contributed by atoms with van der Waals surface area (Å²) in [5.41, 5.74) is 1.03. The summed E-state index contributed by atoms with van der Waals surface area (Å²) in [6, 6.07) is 11.9. The summed E-state index contributed by atoms with van der Waals surface area (Å²) in [5.74, 6) is -1.75. The number of aromatic nitrogens is 1. The number of fused-ring (bicyclic) bond motifs is 2. The van der Waals surface area contributed by atoms with E-state index in [0.717, 1.165) is 11.3 Å². The number of methoxy groups -OCH3 is 1. The van der Waals surface area contributed by atoms with Crippen LogP contribution in [0.5, 0.6) is 11.5 Å². The first kappa shape index (κ1) is 25.6. The maximum Gasteiger partial charge on any atom is 0.344 e. The fraction of sp³-hybridized carbons (Fsp3) is 0.280. The van der Waals surface area contributed by atoms with Crippen molar-refractivity contribution in [2.75, 3.05) is 25.2 Å². The Bertz CT molecular complexity index is 1440. The monoisotopic (exact) mass is 604 g/mol. The van der Waals surface area contributed by atoms with Gasteiger partial charge in [-0.3, -0.25) is 14.4 Å². The number of nitrogens with zero attached hydrogens (tertiary/aromatic N) is 1. The normalized spacial score (nSPS) is 20.4. The number of nitrogens with one attached hydrogen (secondary N) is 1. The lowest BCUT2D eigenvalue weighted by molar-refractivity contribution is -0.145. The summed E-state index contributed by atoms with van der Waals surface area (Å²) < 4.78 is 16.7. The number of hydrogen-bond donors (Lipinski definition) is 1. The number of aromatic amines is 1. The number of carbonyl (C=O) groups excluding carboxylic acids is 3. The minimum atomic E-state index is -0.794. The average molecular weight is 605 g/mol. The van der Waals surface area contributed by atoms with E-state index in [1.165, 1.54) is 23.8 Å². The molecule has 9 nitrogen and oxygen atoms in total. The lowest BCUT2D eigenvalue weighted by Crippen LogP contribution is -2.32. The van der Waals surface area contributed by atoms with E-state index in [9.17, 15) is 19.2 Å². The molecule has 5 rings (SSSR count). The molecule has 2 unspecified atom stereocenters. The second kappa shape index (κ2) is 10.3. The molecule has 1 saturated heterocycles. The fourth-order valence-electron chi connectivity index (χ4n) is 4.57. The van der Waals surface area contributed by atoms with Crippen LogP contribution in [0.1, 0.15) is 23.3 Å². The smallest absolute Gasteiger partial charge is 0.344 e. The molecular weight excluding hydrogens is 584 g/mol. The number of thioether (sulfide) groups is 1. The molecule has 2 amide bonds. The van der Waals surface area contributed by atoms with Crippen LogP contribution >= 0.6 is 39.0 Å². The number of amides is 2. The van der Waals surface area contributed by atoms with Crippen LogP contribution in [0.25, 0.3) is 0 Å². The van der Waals surface area contributed by atoms with Crippen LogP contribution in [0.4, 0.5) is 5.69 Å². The van der Waals surface area contributed by atoms with Crippen molar-refractivity contribution in [1.29, 1.82) is 0 Å². The van der Waals surface area contributed by atoms with Crippen molar-refractivity contribution in [1.82, 2.24) is 4.98 Å². The topological polar surface area (TPSA) is 115 Å². The van der Waals surface area contributed by atoms with E-state index in [1.807, 2.05) is 0 Å². The van der Waals surface area contributed by atoms with Gasteiger partial charge in [0.2, 0.25) is 11.8 Å². The molecular formula is C25H21BrN2O7S2. The summed E-state index contributed by atoms with van der Waals surface area (Å²) in [4.78, 5) is 56.2. The molecule has 0 aliphatic carbocycles. The van der Waals surface area contributed by atoms with E-state index < -0.39 is 23.1 Å². The zero-order valence-corrected chi connectivity index (χ0v) is 22.9. The third-order valence-corrected chi connectivity index (χ3v) is 9.01. The zero-order valence-electron chi connectivity index (χ0n) is 19.7. The van der Waals surface area contributed by atoms with E-state index in [1.54, 1.807) is 49.4 Å². The predicted molar refractivity (Wildman–Crippen MR) is 142 cm³/mol. The van der Waals surface area contributed by atoms with Crippen LogP contribution in [0.2, 0.25) is 0 Å². The van der Waals surface area contributed by atoms with Gasteiger partial charge >= 0.3 is 10.8 Å². The summed E-state index contributed by atoms with van der Waals surface area (Å²) in [6.45, 7) is 1.60. The fourth-order valence-corrected chi connectivity index (χ4v) is 7.46. The third-order valence-electron chi connectivity index (χ3n) is 6.11. The lowest BCUT2D eigenvalue weighted by Gasteiger charge is -2.31. The molecule has 1 fully saturated rings. The summed E-state index contributed by atoms with van der Waals surface area (Å²) in [7, 11) is 1.54. The van der Waals surface area contributed by atoms with Gasteiger partial charge in [-0.25, -0.2) is 9.69 Å². The van der Waals surface area contributed by atoms with E-state index in [-0.39, 0.29) is 29.9 Å². The Kier molecular flexibility index (Phi) is 7.15. The minimum absolute atomic E-state index is 0.220. The van der Waals surface area contributed by atoms with Crippen LogP contribution < -0.4 is 19.2 Å². The van der Waals surface area contributed by atoms with Crippen molar-refractivity contribution < 1.29 is 28.6 Å². The Morgan fingerprint density at radius 2 is 1.86 bits per heavy atom. The highest BCUT2D eigenvalue weighted by atomic mass is 79.9. The molecule has 2 aliphatic heterocycles. The van der Waals surface area contributed by atoms with Crippen LogP contribution in [0.3, 0.4) is 0 Å². The highest BCUT2D eigenvalue weighted by Gasteiger charge is 2.56. The number of esters is 1. The van der Waals surface area contributed by atoms with Gasteiger partial charge in [0, 0.05) is 20.8 Å². The number of thiazole rings is 1. The second-order valence-electron chi connectivity index (χ2n) is 8.24. The molecule has 3 aromatic rings.